The smallest absolute Gasteiger partial charge is 0.318 e. The molecule has 0 fully saturated rings. The highest BCUT2D eigenvalue weighted by molar-refractivity contribution is 7.89. The molecule has 0 saturated heterocycles. The summed E-state index contributed by atoms with van der Waals surface area (Å²) in [5, 5.41) is 9.64. The molecule has 0 saturated carbocycles. The van der Waals surface area contributed by atoms with E-state index in [0.29, 0.717) is 11.8 Å². The molecule has 0 aliphatic rings. The molecule has 0 aliphatic heterocycles. The molecule has 1 N–H and O–H groups in total. The van der Waals surface area contributed by atoms with Gasteiger partial charge in [-0.05, 0) is 25.5 Å². The zero-order valence-corrected chi connectivity index (χ0v) is 12.6. The van der Waals surface area contributed by atoms with Crippen molar-refractivity contribution in [3.8, 4) is 0 Å². The Bertz CT molecular complexity index is 750. The van der Waals surface area contributed by atoms with Gasteiger partial charge in [-0.2, -0.15) is 4.31 Å². The molecular formula is C14H17NO5S. The standard InChI is InChI=1S/C14H17NO5S/c1-3-10(2)15(9-13(16)17)21(18,19)12-6-4-5-11-7-8-20-14(11)12/h4-8,10H,3,9H2,1-2H3,(H,16,17). The van der Waals surface area contributed by atoms with E-state index < -0.39 is 28.6 Å². The topological polar surface area (TPSA) is 87.8 Å². The lowest BCUT2D eigenvalue weighted by molar-refractivity contribution is -0.137. The summed E-state index contributed by atoms with van der Waals surface area (Å²) in [6.07, 6.45) is 1.93. The monoisotopic (exact) mass is 311 g/mol. The summed E-state index contributed by atoms with van der Waals surface area (Å²) >= 11 is 0. The van der Waals surface area contributed by atoms with E-state index in [1.165, 1.54) is 12.3 Å². The highest BCUT2D eigenvalue weighted by Gasteiger charge is 2.32. The molecule has 1 atom stereocenters. The maximum Gasteiger partial charge on any atom is 0.318 e. The van der Waals surface area contributed by atoms with Crippen LogP contribution in [0.2, 0.25) is 0 Å². The van der Waals surface area contributed by atoms with Crippen LogP contribution in [-0.2, 0) is 14.8 Å². The van der Waals surface area contributed by atoms with Crippen molar-refractivity contribution >= 4 is 27.0 Å². The Morgan fingerprint density at radius 1 is 1.38 bits per heavy atom. The third-order valence-corrected chi connectivity index (χ3v) is 5.39. The Labute approximate surface area is 123 Å². The first-order valence-corrected chi connectivity index (χ1v) is 8.01. The first-order chi connectivity index (χ1) is 9.87. The predicted molar refractivity (Wildman–Crippen MR) is 77.5 cm³/mol. The maximum absolute atomic E-state index is 12.8. The molecule has 1 aromatic heterocycles. The third-order valence-electron chi connectivity index (χ3n) is 3.40. The second-order valence-corrected chi connectivity index (χ2v) is 6.66. The van der Waals surface area contributed by atoms with Gasteiger partial charge < -0.3 is 9.52 Å². The van der Waals surface area contributed by atoms with Gasteiger partial charge in [-0.15, -0.1) is 0 Å². The average molecular weight is 311 g/mol. The lowest BCUT2D eigenvalue weighted by Gasteiger charge is -2.26. The summed E-state index contributed by atoms with van der Waals surface area (Å²) in [5.74, 6) is -1.19. The first-order valence-electron chi connectivity index (χ1n) is 6.57. The SMILES string of the molecule is CCC(C)N(CC(=O)O)S(=O)(=O)c1cccc2ccoc12. The molecule has 0 spiro atoms. The van der Waals surface area contributed by atoms with Crippen LogP contribution < -0.4 is 0 Å². The molecule has 114 valence electrons. The maximum atomic E-state index is 12.8. The number of furan rings is 1. The molecule has 7 heteroatoms. The second kappa shape index (κ2) is 5.87. The van der Waals surface area contributed by atoms with Crippen molar-refractivity contribution in [1.82, 2.24) is 4.31 Å². The molecule has 2 aromatic rings. The van der Waals surface area contributed by atoms with E-state index in [9.17, 15) is 13.2 Å². The van der Waals surface area contributed by atoms with Gasteiger partial charge in [0.2, 0.25) is 10.0 Å². The van der Waals surface area contributed by atoms with Crippen LogP contribution in [0.3, 0.4) is 0 Å². The molecule has 0 radical (unpaired) electrons. The number of carboxylic acid groups (broad SMARTS) is 1. The zero-order chi connectivity index (χ0) is 15.6. The van der Waals surface area contributed by atoms with Crippen LogP contribution in [0.25, 0.3) is 11.0 Å². The summed E-state index contributed by atoms with van der Waals surface area (Å²) in [5.41, 5.74) is 0.246. The van der Waals surface area contributed by atoms with Crippen molar-refractivity contribution in [2.24, 2.45) is 0 Å². The van der Waals surface area contributed by atoms with Crippen LogP contribution in [0.4, 0.5) is 0 Å². The van der Waals surface area contributed by atoms with Crippen molar-refractivity contribution < 1.29 is 22.7 Å². The molecule has 0 bridgehead atoms. The molecule has 1 aromatic carbocycles. The van der Waals surface area contributed by atoms with E-state index in [1.807, 2.05) is 6.92 Å². The molecule has 21 heavy (non-hydrogen) atoms. The molecule has 1 unspecified atom stereocenters. The summed E-state index contributed by atoms with van der Waals surface area (Å²) < 4.78 is 31.8. The number of nitrogens with zero attached hydrogens (tertiary/aromatic N) is 1. The van der Waals surface area contributed by atoms with E-state index in [-0.39, 0.29) is 10.5 Å². The van der Waals surface area contributed by atoms with E-state index in [1.54, 1.807) is 25.1 Å². The van der Waals surface area contributed by atoms with Gasteiger partial charge in [0.15, 0.2) is 5.58 Å². The van der Waals surface area contributed by atoms with Gasteiger partial charge >= 0.3 is 5.97 Å². The Hall–Kier alpha value is -1.86. The number of hydrogen-bond donors (Lipinski definition) is 1. The van der Waals surface area contributed by atoms with E-state index >= 15 is 0 Å². The van der Waals surface area contributed by atoms with Crippen LogP contribution in [0.5, 0.6) is 0 Å². The number of fused-ring (bicyclic) bond motifs is 1. The van der Waals surface area contributed by atoms with E-state index in [0.717, 1.165) is 4.31 Å². The Kier molecular flexibility index (Phi) is 4.34. The highest BCUT2D eigenvalue weighted by atomic mass is 32.2. The summed E-state index contributed by atoms with van der Waals surface area (Å²) in [6, 6.07) is 6.02. The normalized spacial score (nSPS) is 13.7. The summed E-state index contributed by atoms with van der Waals surface area (Å²) in [7, 11) is -3.95. The number of aliphatic carboxylic acids is 1. The van der Waals surface area contributed by atoms with Crippen molar-refractivity contribution in [3.63, 3.8) is 0 Å². The van der Waals surface area contributed by atoms with Crippen LogP contribution in [-0.4, -0.2) is 36.4 Å². The number of hydrogen-bond acceptors (Lipinski definition) is 4. The van der Waals surface area contributed by atoms with Crippen molar-refractivity contribution in [2.75, 3.05) is 6.54 Å². The second-order valence-electron chi connectivity index (χ2n) is 4.80. The van der Waals surface area contributed by atoms with Gasteiger partial charge in [0.05, 0.1) is 6.26 Å². The lowest BCUT2D eigenvalue weighted by Crippen LogP contribution is -2.41. The minimum absolute atomic E-state index is 0.00782. The minimum Gasteiger partial charge on any atom is -0.480 e. The molecule has 6 nitrogen and oxygen atoms in total. The first kappa shape index (κ1) is 15.5. The summed E-state index contributed by atoms with van der Waals surface area (Å²) in [4.78, 5) is 11.0. The number of benzene rings is 1. The van der Waals surface area contributed by atoms with E-state index in [2.05, 4.69) is 0 Å². The number of rotatable bonds is 6. The van der Waals surface area contributed by atoms with Gasteiger partial charge in [0, 0.05) is 11.4 Å². The van der Waals surface area contributed by atoms with Gasteiger partial charge in [-0.1, -0.05) is 19.1 Å². The highest BCUT2D eigenvalue weighted by Crippen LogP contribution is 2.27. The van der Waals surface area contributed by atoms with Gasteiger partial charge in [0.1, 0.15) is 11.4 Å². The van der Waals surface area contributed by atoms with Gasteiger partial charge in [0.25, 0.3) is 0 Å². The van der Waals surface area contributed by atoms with Crippen LogP contribution in [0.1, 0.15) is 20.3 Å². The van der Waals surface area contributed by atoms with Crippen molar-refractivity contribution in [2.45, 2.75) is 31.2 Å². The molecular weight excluding hydrogens is 294 g/mol. The Morgan fingerprint density at radius 2 is 2.10 bits per heavy atom. The Balaban J connectivity index is 2.57. The molecule has 2 rings (SSSR count). The van der Waals surface area contributed by atoms with Gasteiger partial charge in [-0.25, -0.2) is 8.42 Å². The number of carboxylic acids is 1. The Morgan fingerprint density at radius 3 is 2.71 bits per heavy atom. The largest absolute Gasteiger partial charge is 0.480 e. The fourth-order valence-electron chi connectivity index (χ4n) is 2.11. The van der Waals surface area contributed by atoms with Crippen molar-refractivity contribution in [1.29, 1.82) is 0 Å². The fraction of sp³-hybridized carbons (Fsp3) is 0.357. The zero-order valence-electron chi connectivity index (χ0n) is 11.8. The van der Waals surface area contributed by atoms with E-state index in [4.69, 9.17) is 9.52 Å². The quantitative estimate of drug-likeness (QED) is 0.884. The lowest BCUT2D eigenvalue weighted by atomic mass is 10.2. The number of sulfonamides is 1. The molecule has 1 heterocycles. The van der Waals surface area contributed by atoms with Crippen molar-refractivity contribution in [3.05, 3.63) is 30.5 Å². The van der Waals surface area contributed by atoms with Crippen LogP contribution in [0, 0.1) is 0 Å². The number of carbonyl (C=O) groups is 1. The molecule has 0 aliphatic carbocycles. The fourth-order valence-corrected chi connectivity index (χ4v) is 3.92. The molecule has 0 amide bonds. The third kappa shape index (κ3) is 2.93. The minimum atomic E-state index is -3.95. The van der Waals surface area contributed by atoms with Crippen LogP contribution in [0.15, 0.2) is 39.8 Å². The average Bonchev–Trinajstić information content (AvgIpc) is 2.91. The van der Waals surface area contributed by atoms with Crippen LogP contribution >= 0.6 is 0 Å². The summed E-state index contributed by atoms with van der Waals surface area (Å²) in [6.45, 7) is 2.92. The van der Waals surface area contributed by atoms with Gasteiger partial charge in [-0.3, -0.25) is 4.79 Å². The predicted octanol–water partition coefficient (Wildman–Crippen LogP) is 2.31. The number of para-hydroxylation sites is 1.